The first-order chi connectivity index (χ1) is 7.74. The SMILES string of the molecule is Cc1nc2n(n1)C(c1cccs1)CC(C)N2. The Morgan fingerprint density at radius 2 is 2.44 bits per heavy atom. The molecular formula is C11H14N4S. The molecule has 4 nitrogen and oxygen atoms in total. The summed E-state index contributed by atoms with van der Waals surface area (Å²) in [6, 6.07) is 5.06. The van der Waals surface area contributed by atoms with Crippen LogP contribution in [0.3, 0.4) is 0 Å². The first kappa shape index (κ1) is 9.84. The van der Waals surface area contributed by atoms with Gasteiger partial charge in [-0.05, 0) is 31.7 Å². The molecule has 3 heterocycles. The zero-order valence-electron chi connectivity index (χ0n) is 9.34. The largest absolute Gasteiger partial charge is 0.352 e. The van der Waals surface area contributed by atoms with Crippen LogP contribution in [-0.2, 0) is 0 Å². The van der Waals surface area contributed by atoms with E-state index in [1.165, 1.54) is 4.88 Å². The summed E-state index contributed by atoms with van der Waals surface area (Å²) in [4.78, 5) is 5.77. The Hall–Kier alpha value is -1.36. The fourth-order valence-electron chi connectivity index (χ4n) is 2.18. The Morgan fingerprint density at radius 3 is 3.19 bits per heavy atom. The van der Waals surface area contributed by atoms with Gasteiger partial charge in [0.15, 0.2) is 0 Å². The molecule has 0 fully saturated rings. The summed E-state index contributed by atoms with van der Waals surface area (Å²) in [5.74, 6) is 1.73. The van der Waals surface area contributed by atoms with E-state index in [1.54, 1.807) is 11.3 Å². The molecule has 5 heteroatoms. The molecule has 0 amide bonds. The molecule has 1 aliphatic rings. The average Bonchev–Trinajstić information content (AvgIpc) is 2.83. The van der Waals surface area contributed by atoms with Gasteiger partial charge < -0.3 is 5.32 Å². The van der Waals surface area contributed by atoms with Crippen LogP contribution in [0.4, 0.5) is 5.95 Å². The van der Waals surface area contributed by atoms with Crippen molar-refractivity contribution in [1.29, 1.82) is 0 Å². The predicted molar refractivity (Wildman–Crippen MR) is 64.9 cm³/mol. The van der Waals surface area contributed by atoms with E-state index in [1.807, 2.05) is 11.6 Å². The van der Waals surface area contributed by atoms with Gasteiger partial charge in [-0.1, -0.05) is 6.07 Å². The van der Waals surface area contributed by atoms with Gasteiger partial charge in [-0.3, -0.25) is 0 Å². The second kappa shape index (κ2) is 3.59. The predicted octanol–water partition coefficient (Wildman–Crippen LogP) is 2.44. The lowest BCUT2D eigenvalue weighted by atomic mass is 10.1. The third-order valence-corrected chi connectivity index (χ3v) is 3.83. The molecule has 0 radical (unpaired) electrons. The van der Waals surface area contributed by atoms with Crippen LogP contribution < -0.4 is 5.32 Å². The molecule has 0 spiro atoms. The maximum atomic E-state index is 4.47. The van der Waals surface area contributed by atoms with Crippen LogP contribution in [0.25, 0.3) is 0 Å². The van der Waals surface area contributed by atoms with Gasteiger partial charge in [0.25, 0.3) is 0 Å². The molecule has 16 heavy (non-hydrogen) atoms. The Morgan fingerprint density at radius 1 is 1.56 bits per heavy atom. The summed E-state index contributed by atoms with van der Waals surface area (Å²) in [7, 11) is 0. The smallest absolute Gasteiger partial charge is 0.222 e. The van der Waals surface area contributed by atoms with Gasteiger partial charge in [-0.15, -0.1) is 11.3 Å². The van der Waals surface area contributed by atoms with Crippen LogP contribution in [0.15, 0.2) is 17.5 Å². The van der Waals surface area contributed by atoms with Gasteiger partial charge >= 0.3 is 0 Å². The van der Waals surface area contributed by atoms with Crippen LogP contribution in [0.2, 0.25) is 0 Å². The number of anilines is 1. The molecule has 2 unspecified atom stereocenters. The molecule has 0 aromatic carbocycles. The number of aromatic nitrogens is 3. The minimum atomic E-state index is 0.340. The van der Waals surface area contributed by atoms with Crippen LogP contribution in [0, 0.1) is 6.92 Å². The minimum Gasteiger partial charge on any atom is -0.352 e. The first-order valence-electron chi connectivity index (χ1n) is 5.47. The zero-order valence-corrected chi connectivity index (χ0v) is 10.2. The standard InChI is InChI=1S/C11H14N4S/c1-7-6-9(10-4-3-5-16-10)15-11(12-7)13-8(2)14-15/h3-5,7,9H,6H2,1-2H3,(H,12,13,14). The van der Waals surface area contributed by atoms with E-state index in [2.05, 4.69) is 39.8 Å². The van der Waals surface area contributed by atoms with Gasteiger partial charge in [0.1, 0.15) is 5.82 Å². The summed E-state index contributed by atoms with van der Waals surface area (Å²) in [5, 5.41) is 9.96. The second-order valence-corrected chi connectivity index (χ2v) is 5.22. The Balaban J connectivity index is 2.06. The van der Waals surface area contributed by atoms with Crippen molar-refractivity contribution in [3.63, 3.8) is 0 Å². The van der Waals surface area contributed by atoms with Gasteiger partial charge in [-0.2, -0.15) is 10.1 Å². The molecule has 1 aliphatic heterocycles. The van der Waals surface area contributed by atoms with Crippen LogP contribution in [-0.4, -0.2) is 20.8 Å². The van der Waals surface area contributed by atoms with Crippen molar-refractivity contribution in [2.75, 3.05) is 5.32 Å². The van der Waals surface area contributed by atoms with E-state index >= 15 is 0 Å². The van der Waals surface area contributed by atoms with Crippen molar-refractivity contribution < 1.29 is 0 Å². The third-order valence-electron chi connectivity index (χ3n) is 2.86. The number of hydrogen-bond donors (Lipinski definition) is 1. The van der Waals surface area contributed by atoms with Crippen molar-refractivity contribution in [1.82, 2.24) is 14.8 Å². The van der Waals surface area contributed by atoms with Crippen molar-refractivity contribution in [2.45, 2.75) is 32.4 Å². The fourth-order valence-corrected chi connectivity index (χ4v) is 3.00. The summed E-state index contributed by atoms with van der Waals surface area (Å²) in [5.41, 5.74) is 0. The van der Waals surface area contributed by atoms with E-state index in [0.717, 1.165) is 18.2 Å². The van der Waals surface area contributed by atoms with Gasteiger partial charge in [-0.25, -0.2) is 4.68 Å². The van der Waals surface area contributed by atoms with Crippen molar-refractivity contribution in [3.8, 4) is 0 Å². The molecule has 3 rings (SSSR count). The number of fused-ring (bicyclic) bond motifs is 1. The number of hydrogen-bond acceptors (Lipinski definition) is 4. The Labute approximate surface area is 98.3 Å². The Kier molecular flexibility index (Phi) is 2.21. The molecule has 2 aromatic heterocycles. The molecule has 0 saturated heterocycles. The average molecular weight is 234 g/mol. The lowest BCUT2D eigenvalue weighted by Crippen LogP contribution is -2.30. The number of aryl methyl sites for hydroxylation is 1. The maximum Gasteiger partial charge on any atom is 0.222 e. The summed E-state index contributed by atoms with van der Waals surface area (Å²) in [6.45, 7) is 4.12. The quantitative estimate of drug-likeness (QED) is 0.824. The lowest BCUT2D eigenvalue weighted by Gasteiger charge is -2.28. The Bertz CT molecular complexity index is 488. The first-order valence-corrected chi connectivity index (χ1v) is 6.35. The number of rotatable bonds is 1. The van der Waals surface area contributed by atoms with Crippen LogP contribution in [0.1, 0.15) is 30.1 Å². The van der Waals surface area contributed by atoms with Crippen molar-refractivity contribution in [2.24, 2.45) is 0 Å². The van der Waals surface area contributed by atoms with Crippen LogP contribution in [0.5, 0.6) is 0 Å². The highest BCUT2D eigenvalue weighted by Crippen LogP contribution is 2.33. The minimum absolute atomic E-state index is 0.340. The molecule has 0 bridgehead atoms. The van der Waals surface area contributed by atoms with Crippen LogP contribution >= 0.6 is 11.3 Å². The third kappa shape index (κ3) is 1.51. The summed E-state index contributed by atoms with van der Waals surface area (Å²) in [6.07, 6.45) is 1.07. The maximum absolute atomic E-state index is 4.47. The number of nitrogens with zero attached hydrogens (tertiary/aromatic N) is 3. The lowest BCUT2D eigenvalue weighted by molar-refractivity contribution is 0.442. The molecular weight excluding hydrogens is 220 g/mol. The highest BCUT2D eigenvalue weighted by molar-refractivity contribution is 7.10. The van der Waals surface area contributed by atoms with Crippen molar-refractivity contribution in [3.05, 3.63) is 28.2 Å². The normalized spacial score (nSPS) is 23.9. The summed E-state index contributed by atoms with van der Waals surface area (Å²) >= 11 is 1.79. The number of nitrogens with one attached hydrogen (secondary N) is 1. The van der Waals surface area contributed by atoms with E-state index in [0.29, 0.717) is 12.1 Å². The van der Waals surface area contributed by atoms with Gasteiger partial charge in [0.2, 0.25) is 5.95 Å². The monoisotopic (exact) mass is 234 g/mol. The molecule has 2 atom stereocenters. The molecule has 0 saturated carbocycles. The highest BCUT2D eigenvalue weighted by atomic mass is 32.1. The van der Waals surface area contributed by atoms with Gasteiger partial charge in [0.05, 0.1) is 6.04 Å². The van der Waals surface area contributed by atoms with E-state index < -0.39 is 0 Å². The second-order valence-electron chi connectivity index (χ2n) is 4.24. The number of thiophene rings is 1. The van der Waals surface area contributed by atoms with Gasteiger partial charge in [0, 0.05) is 10.9 Å². The topological polar surface area (TPSA) is 42.7 Å². The zero-order chi connectivity index (χ0) is 11.1. The molecule has 0 aliphatic carbocycles. The highest BCUT2D eigenvalue weighted by Gasteiger charge is 2.27. The fraction of sp³-hybridized carbons (Fsp3) is 0.455. The molecule has 1 N–H and O–H groups in total. The molecule has 2 aromatic rings. The van der Waals surface area contributed by atoms with E-state index in [4.69, 9.17) is 0 Å². The van der Waals surface area contributed by atoms with E-state index in [9.17, 15) is 0 Å². The summed E-state index contributed by atoms with van der Waals surface area (Å²) < 4.78 is 2.02. The van der Waals surface area contributed by atoms with E-state index in [-0.39, 0.29) is 0 Å². The van der Waals surface area contributed by atoms with Crippen molar-refractivity contribution >= 4 is 17.3 Å². The molecule has 84 valence electrons.